The predicted octanol–water partition coefficient (Wildman–Crippen LogP) is 4.86. The van der Waals surface area contributed by atoms with Gasteiger partial charge in [-0.3, -0.25) is 9.36 Å². The van der Waals surface area contributed by atoms with E-state index in [-0.39, 0.29) is 5.56 Å². The predicted molar refractivity (Wildman–Crippen MR) is 107 cm³/mol. The molecule has 1 aromatic heterocycles. The molecule has 0 fully saturated rings. The van der Waals surface area contributed by atoms with Gasteiger partial charge in [-0.1, -0.05) is 66.2 Å². The molecule has 0 aliphatic carbocycles. The average Bonchev–Trinajstić information content (AvgIpc) is 2.67. The molecule has 3 aromatic carbocycles. The van der Waals surface area contributed by atoms with Gasteiger partial charge in [0.05, 0.1) is 16.6 Å². The van der Waals surface area contributed by atoms with Crippen LogP contribution in [0, 0.1) is 6.92 Å². The van der Waals surface area contributed by atoms with Crippen molar-refractivity contribution in [2.75, 3.05) is 0 Å². The zero-order valence-electron chi connectivity index (χ0n) is 14.5. The Bertz CT molecular complexity index is 1160. The molecule has 0 radical (unpaired) electrons. The van der Waals surface area contributed by atoms with Gasteiger partial charge in [-0.25, -0.2) is 4.98 Å². The summed E-state index contributed by atoms with van der Waals surface area (Å²) in [6.45, 7) is 2.06. The van der Waals surface area contributed by atoms with Crippen LogP contribution in [0.3, 0.4) is 0 Å². The lowest BCUT2D eigenvalue weighted by Gasteiger charge is -2.11. The maximum atomic E-state index is 13.1. The Morgan fingerprint density at radius 1 is 0.846 bits per heavy atom. The molecule has 0 unspecified atom stereocenters. The fraction of sp³-hybridized carbons (Fsp3) is 0.0435. The minimum Gasteiger partial charge on any atom is -0.268 e. The van der Waals surface area contributed by atoms with E-state index in [1.165, 1.54) is 5.56 Å². The van der Waals surface area contributed by atoms with E-state index in [0.717, 1.165) is 11.3 Å². The fourth-order valence-corrected chi connectivity index (χ4v) is 3.03. The number of nitrogens with zero attached hydrogens (tertiary/aromatic N) is 2. The van der Waals surface area contributed by atoms with Crippen LogP contribution in [0.4, 0.5) is 0 Å². The van der Waals surface area contributed by atoms with Gasteiger partial charge in [0.15, 0.2) is 0 Å². The summed E-state index contributed by atoms with van der Waals surface area (Å²) in [5.74, 6) is 0.612. The molecule has 1 heterocycles. The van der Waals surface area contributed by atoms with E-state index < -0.39 is 0 Å². The number of benzene rings is 3. The van der Waals surface area contributed by atoms with Crippen LogP contribution in [0.1, 0.15) is 17.0 Å². The van der Waals surface area contributed by atoms with Crippen molar-refractivity contribution in [3.63, 3.8) is 0 Å². The summed E-state index contributed by atoms with van der Waals surface area (Å²) in [5.41, 5.74) is 3.71. The van der Waals surface area contributed by atoms with Crippen molar-refractivity contribution in [3.8, 4) is 5.69 Å². The van der Waals surface area contributed by atoms with Gasteiger partial charge in [0.1, 0.15) is 5.82 Å². The molecule has 26 heavy (non-hydrogen) atoms. The Morgan fingerprint density at radius 3 is 2.42 bits per heavy atom. The molecule has 0 atom stereocenters. The molecule has 0 N–H and O–H groups in total. The lowest BCUT2D eigenvalue weighted by molar-refractivity contribution is 0.944. The highest BCUT2D eigenvalue weighted by atomic mass is 16.1. The average molecular weight is 338 g/mol. The van der Waals surface area contributed by atoms with Crippen molar-refractivity contribution in [3.05, 3.63) is 106 Å². The van der Waals surface area contributed by atoms with Crippen LogP contribution in [-0.2, 0) is 0 Å². The second-order valence-electron chi connectivity index (χ2n) is 6.21. The van der Waals surface area contributed by atoms with E-state index in [2.05, 4.69) is 19.1 Å². The molecule has 3 nitrogen and oxygen atoms in total. The van der Waals surface area contributed by atoms with Gasteiger partial charge < -0.3 is 0 Å². The summed E-state index contributed by atoms with van der Waals surface area (Å²) in [7, 11) is 0. The maximum absolute atomic E-state index is 13.1. The van der Waals surface area contributed by atoms with E-state index in [1.807, 2.05) is 78.9 Å². The first kappa shape index (κ1) is 16.0. The topological polar surface area (TPSA) is 34.9 Å². The van der Waals surface area contributed by atoms with Crippen LogP contribution in [-0.4, -0.2) is 9.55 Å². The van der Waals surface area contributed by atoms with Gasteiger partial charge in [-0.15, -0.1) is 0 Å². The number of hydrogen-bond acceptors (Lipinski definition) is 2. The van der Waals surface area contributed by atoms with Crippen LogP contribution in [0.5, 0.6) is 0 Å². The summed E-state index contributed by atoms with van der Waals surface area (Å²) in [6.07, 6.45) is 3.89. The second-order valence-corrected chi connectivity index (χ2v) is 6.21. The van der Waals surface area contributed by atoms with Gasteiger partial charge in [0.2, 0.25) is 0 Å². The normalized spacial score (nSPS) is 11.3. The summed E-state index contributed by atoms with van der Waals surface area (Å²) < 4.78 is 1.66. The third kappa shape index (κ3) is 3.07. The van der Waals surface area contributed by atoms with Gasteiger partial charge in [0, 0.05) is 0 Å². The van der Waals surface area contributed by atoms with Crippen molar-refractivity contribution >= 4 is 23.1 Å². The standard InChI is InChI=1S/C23H18N2O/c1-17-8-7-9-18(16-17)14-15-22-24-21-13-6-5-12-20(21)23(26)25(22)19-10-3-2-4-11-19/h2-16H,1H3/b15-14-. The molecule has 0 spiro atoms. The first-order chi connectivity index (χ1) is 12.7. The smallest absolute Gasteiger partial charge is 0.266 e. The molecule has 4 aromatic rings. The van der Waals surface area contributed by atoms with Crippen LogP contribution >= 0.6 is 0 Å². The van der Waals surface area contributed by atoms with Gasteiger partial charge in [-0.05, 0) is 42.8 Å². The molecule has 0 saturated carbocycles. The van der Waals surface area contributed by atoms with Crippen LogP contribution in [0.15, 0.2) is 83.7 Å². The first-order valence-electron chi connectivity index (χ1n) is 8.54. The molecule has 0 aliphatic rings. The quantitative estimate of drug-likeness (QED) is 0.534. The third-order valence-corrected chi connectivity index (χ3v) is 4.28. The Hall–Kier alpha value is -3.46. The Morgan fingerprint density at radius 2 is 1.62 bits per heavy atom. The SMILES string of the molecule is Cc1cccc(/C=C\c2nc3ccccc3c(=O)n2-c2ccccc2)c1. The van der Waals surface area contributed by atoms with Crippen LogP contribution in [0.2, 0.25) is 0 Å². The van der Waals surface area contributed by atoms with Gasteiger partial charge in [-0.2, -0.15) is 0 Å². The number of hydrogen-bond donors (Lipinski definition) is 0. The van der Waals surface area contributed by atoms with Crippen molar-refractivity contribution in [2.45, 2.75) is 6.92 Å². The van der Waals surface area contributed by atoms with Crippen LogP contribution < -0.4 is 5.56 Å². The number of aryl methyl sites for hydroxylation is 1. The molecule has 3 heteroatoms. The number of para-hydroxylation sites is 2. The molecule has 0 bridgehead atoms. The Kier molecular flexibility index (Phi) is 4.20. The number of fused-ring (bicyclic) bond motifs is 1. The zero-order chi connectivity index (χ0) is 17.9. The highest BCUT2D eigenvalue weighted by Gasteiger charge is 2.10. The molecular weight excluding hydrogens is 320 g/mol. The second kappa shape index (κ2) is 6.81. The minimum absolute atomic E-state index is 0.0642. The van der Waals surface area contributed by atoms with E-state index in [1.54, 1.807) is 4.57 Å². The third-order valence-electron chi connectivity index (χ3n) is 4.28. The van der Waals surface area contributed by atoms with E-state index in [9.17, 15) is 4.79 Å². The largest absolute Gasteiger partial charge is 0.268 e. The van der Waals surface area contributed by atoms with Crippen molar-refractivity contribution < 1.29 is 0 Å². The zero-order valence-corrected chi connectivity index (χ0v) is 14.5. The monoisotopic (exact) mass is 338 g/mol. The summed E-state index contributed by atoms with van der Waals surface area (Å²) in [5, 5.41) is 0.615. The summed E-state index contributed by atoms with van der Waals surface area (Å²) in [6, 6.07) is 25.3. The van der Waals surface area contributed by atoms with E-state index in [0.29, 0.717) is 16.7 Å². The molecule has 0 amide bonds. The summed E-state index contributed by atoms with van der Waals surface area (Å²) in [4.78, 5) is 17.8. The fourth-order valence-electron chi connectivity index (χ4n) is 3.03. The van der Waals surface area contributed by atoms with Gasteiger partial charge >= 0.3 is 0 Å². The first-order valence-corrected chi connectivity index (χ1v) is 8.54. The van der Waals surface area contributed by atoms with Crippen molar-refractivity contribution in [1.82, 2.24) is 9.55 Å². The Labute approximate surface area is 151 Å². The molecular formula is C23H18N2O. The maximum Gasteiger partial charge on any atom is 0.266 e. The van der Waals surface area contributed by atoms with Crippen molar-refractivity contribution in [2.24, 2.45) is 0 Å². The summed E-state index contributed by atoms with van der Waals surface area (Å²) >= 11 is 0. The van der Waals surface area contributed by atoms with E-state index >= 15 is 0 Å². The van der Waals surface area contributed by atoms with Crippen LogP contribution in [0.25, 0.3) is 28.7 Å². The number of aromatic nitrogens is 2. The molecule has 4 rings (SSSR count). The Balaban J connectivity index is 1.94. The lowest BCUT2D eigenvalue weighted by atomic mass is 10.1. The highest BCUT2D eigenvalue weighted by molar-refractivity contribution is 5.80. The van der Waals surface area contributed by atoms with E-state index in [4.69, 9.17) is 4.98 Å². The highest BCUT2D eigenvalue weighted by Crippen LogP contribution is 2.15. The molecule has 126 valence electrons. The number of rotatable bonds is 3. The molecule has 0 saturated heterocycles. The lowest BCUT2D eigenvalue weighted by Crippen LogP contribution is -2.22. The minimum atomic E-state index is -0.0642. The molecule has 0 aliphatic heterocycles. The van der Waals surface area contributed by atoms with Crippen molar-refractivity contribution in [1.29, 1.82) is 0 Å². The van der Waals surface area contributed by atoms with Gasteiger partial charge in [0.25, 0.3) is 5.56 Å².